The van der Waals surface area contributed by atoms with Crippen LogP contribution in [0, 0.1) is 5.92 Å². The van der Waals surface area contributed by atoms with Crippen molar-refractivity contribution in [3.8, 4) is 0 Å². The molecule has 1 N–H and O–H groups in total. The summed E-state index contributed by atoms with van der Waals surface area (Å²) in [6.07, 6.45) is 5.99. The van der Waals surface area contributed by atoms with Crippen LogP contribution in [-0.2, 0) is 18.4 Å². The fraction of sp³-hybridized carbons (Fsp3) is 0.467. The molecule has 0 saturated heterocycles. The molecular weight excluding hydrogens is 286 g/mol. The van der Waals surface area contributed by atoms with E-state index in [9.17, 15) is 4.79 Å². The Morgan fingerprint density at radius 2 is 2.38 bits per heavy atom. The summed E-state index contributed by atoms with van der Waals surface area (Å²) in [6.45, 7) is 0.545. The van der Waals surface area contributed by atoms with E-state index in [1.54, 1.807) is 13.3 Å². The zero-order chi connectivity index (χ0) is 14.8. The highest BCUT2D eigenvalue weighted by atomic mass is 32.1. The summed E-state index contributed by atoms with van der Waals surface area (Å²) < 4.78 is 7.07. The van der Waals surface area contributed by atoms with E-state index in [-0.39, 0.29) is 11.9 Å². The van der Waals surface area contributed by atoms with Gasteiger partial charge in [0.05, 0.1) is 17.5 Å². The minimum atomic E-state index is -0.0257. The fourth-order valence-electron chi connectivity index (χ4n) is 2.43. The van der Waals surface area contributed by atoms with Crippen LogP contribution in [0.1, 0.15) is 39.3 Å². The van der Waals surface area contributed by atoms with Crippen molar-refractivity contribution in [1.29, 1.82) is 0 Å². The SMILES string of the molecule is COCc1ccc(C(=O)N[C@H](c2nccn2C)C2CC2)s1. The highest BCUT2D eigenvalue weighted by molar-refractivity contribution is 7.14. The fourth-order valence-corrected chi connectivity index (χ4v) is 3.31. The first-order chi connectivity index (χ1) is 10.2. The second-order valence-electron chi connectivity index (χ2n) is 5.38. The average Bonchev–Trinajstić information content (AvgIpc) is 3.05. The minimum absolute atomic E-state index is 0.00507. The number of amides is 1. The van der Waals surface area contributed by atoms with Gasteiger partial charge in [-0.15, -0.1) is 11.3 Å². The quantitative estimate of drug-likeness (QED) is 0.892. The van der Waals surface area contributed by atoms with E-state index < -0.39 is 0 Å². The van der Waals surface area contributed by atoms with Crippen molar-refractivity contribution in [3.63, 3.8) is 0 Å². The standard InChI is InChI=1S/C15H19N3O2S/c1-18-8-7-16-14(18)13(10-3-4-10)17-15(19)12-6-5-11(21-12)9-20-2/h5-8,10,13H,3-4,9H2,1-2H3,(H,17,19)/t13-/m0/s1. The van der Waals surface area contributed by atoms with Gasteiger partial charge in [-0.1, -0.05) is 0 Å². The van der Waals surface area contributed by atoms with Gasteiger partial charge >= 0.3 is 0 Å². The predicted octanol–water partition coefficient (Wildman–Crippen LogP) is 2.51. The summed E-state index contributed by atoms with van der Waals surface area (Å²) in [5.41, 5.74) is 0. The van der Waals surface area contributed by atoms with Crippen LogP contribution in [0.4, 0.5) is 0 Å². The number of aromatic nitrogens is 2. The molecule has 0 aromatic carbocycles. The van der Waals surface area contributed by atoms with Gasteiger partial charge in [0.15, 0.2) is 0 Å². The molecule has 1 aliphatic rings. The largest absolute Gasteiger partial charge is 0.379 e. The molecule has 3 rings (SSSR count). The van der Waals surface area contributed by atoms with Crippen molar-refractivity contribution in [2.75, 3.05) is 7.11 Å². The van der Waals surface area contributed by atoms with E-state index in [1.165, 1.54) is 11.3 Å². The molecule has 2 aromatic rings. The Hall–Kier alpha value is -1.66. The molecule has 0 bridgehead atoms. The maximum absolute atomic E-state index is 12.4. The van der Waals surface area contributed by atoms with Crippen molar-refractivity contribution in [2.24, 2.45) is 13.0 Å². The second-order valence-corrected chi connectivity index (χ2v) is 6.55. The van der Waals surface area contributed by atoms with Crippen LogP contribution in [0.2, 0.25) is 0 Å². The van der Waals surface area contributed by atoms with Crippen molar-refractivity contribution in [3.05, 3.63) is 40.1 Å². The topological polar surface area (TPSA) is 56.1 Å². The molecule has 0 radical (unpaired) electrons. The lowest BCUT2D eigenvalue weighted by Gasteiger charge is -2.17. The van der Waals surface area contributed by atoms with Gasteiger partial charge in [0.25, 0.3) is 5.91 Å². The Morgan fingerprint density at radius 1 is 1.57 bits per heavy atom. The molecule has 1 amide bonds. The number of carbonyl (C=O) groups excluding carboxylic acids is 1. The Balaban J connectivity index is 1.73. The first kappa shape index (κ1) is 14.3. The summed E-state index contributed by atoms with van der Waals surface area (Å²) in [5, 5.41) is 3.14. The molecule has 6 heteroatoms. The number of rotatable bonds is 6. The number of aryl methyl sites for hydroxylation is 1. The summed E-state index contributed by atoms with van der Waals surface area (Å²) in [5.74, 6) is 1.41. The Morgan fingerprint density at radius 3 is 3.00 bits per heavy atom. The van der Waals surface area contributed by atoms with Gasteiger partial charge < -0.3 is 14.6 Å². The van der Waals surface area contributed by atoms with Gasteiger partial charge in [0, 0.05) is 31.4 Å². The third kappa shape index (κ3) is 3.16. The van der Waals surface area contributed by atoms with Gasteiger partial charge in [-0.3, -0.25) is 4.79 Å². The van der Waals surface area contributed by atoms with Crippen LogP contribution >= 0.6 is 11.3 Å². The summed E-state index contributed by atoms with van der Waals surface area (Å²) in [6, 6.07) is 3.80. The van der Waals surface area contributed by atoms with Gasteiger partial charge in [0.1, 0.15) is 5.82 Å². The molecule has 1 atom stereocenters. The highest BCUT2D eigenvalue weighted by Gasteiger charge is 2.36. The monoisotopic (exact) mass is 305 g/mol. The van der Waals surface area contributed by atoms with Crippen LogP contribution in [0.3, 0.4) is 0 Å². The van der Waals surface area contributed by atoms with Crippen LogP contribution in [0.15, 0.2) is 24.5 Å². The summed E-state index contributed by atoms with van der Waals surface area (Å²) in [7, 11) is 3.62. The van der Waals surface area contributed by atoms with E-state index >= 15 is 0 Å². The van der Waals surface area contributed by atoms with Gasteiger partial charge in [0.2, 0.25) is 0 Å². The average molecular weight is 305 g/mol. The van der Waals surface area contributed by atoms with Crippen molar-refractivity contribution < 1.29 is 9.53 Å². The molecule has 0 unspecified atom stereocenters. The first-order valence-corrected chi connectivity index (χ1v) is 7.86. The number of ether oxygens (including phenoxy) is 1. The molecule has 0 aliphatic heterocycles. The number of hydrogen-bond donors (Lipinski definition) is 1. The number of hydrogen-bond acceptors (Lipinski definition) is 4. The molecule has 112 valence electrons. The molecule has 1 aliphatic carbocycles. The van der Waals surface area contributed by atoms with Gasteiger partial charge in [-0.2, -0.15) is 0 Å². The Kier molecular flexibility index (Phi) is 4.07. The number of thiophene rings is 1. The minimum Gasteiger partial charge on any atom is -0.379 e. The number of nitrogens with one attached hydrogen (secondary N) is 1. The normalized spacial score (nSPS) is 15.9. The van der Waals surface area contributed by atoms with Crippen LogP contribution < -0.4 is 5.32 Å². The number of methoxy groups -OCH3 is 1. The molecule has 0 spiro atoms. The number of imidazole rings is 1. The van der Waals surface area contributed by atoms with Crippen molar-refractivity contribution in [2.45, 2.75) is 25.5 Å². The Labute approximate surface area is 128 Å². The second kappa shape index (κ2) is 5.99. The molecule has 1 saturated carbocycles. The Bertz CT molecular complexity index is 630. The summed E-state index contributed by atoms with van der Waals surface area (Å²) >= 11 is 1.48. The number of nitrogens with zero attached hydrogens (tertiary/aromatic N) is 2. The van der Waals surface area contributed by atoms with Crippen molar-refractivity contribution in [1.82, 2.24) is 14.9 Å². The molecule has 2 heterocycles. The lowest BCUT2D eigenvalue weighted by molar-refractivity contribution is 0.0933. The van der Waals surface area contributed by atoms with E-state index in [0.29, 0.717) is 12.5 Å². The van der Waals surface area contributed by atoms with Crippen LogP contribution in [0.25, 0.3) is 0 Å². The van der Waals surface area contributed by atoms with Crippen molar-refractivity contribution >= 4 is 17.2 Å². The van der Waals surface area contributed by atoms with Gasteiger partial charge in [-0.25, -0.2) is 4.98 Å². The third-order valence-corrected chi connectivity index (χ3v) is 4.75. The smallest absolute Gasteiger partial charge is 0.261 e. The number of carbonyl (C=O) groups is 1. The van der Waals surface area contributed by atoms with E-state index in [2.05, 4.69) is 10.3 Å². The lowest BCUT2D eigenvalue weighted by Crippen LogP contribution is -2.31. The molecular formula is C15H19N3O2S. The first-order valence-electron chi connectivity index (χ1n) is 7.04. The zero-order valence-corrected chi connectivity index (χ0v) is 13.0. The molecule has 1 fully saturated rings. The maximum Gasteiger partial charge on any atom is 0.261 e. The lowest BCUT2D eigenvalue weighted by atomic mass is 10.1. The van der Waals surface area contributed by atoms with Crippen LogP contribution in [0.5, 0.6) is 0 Å². The van der Waals surface area contributed by atoms with Crippen LogP contribution in [-0.4, -0.2) is 22.6 Å². The maximum atomic E-state index is 12.4. The van der Waals surface area contributed by atoms with E-state index in [0.717, 1.165) is 28.4 Å². The predicted molar refractivity (Wildman–Crippen MR) is 81.2 cm³/mol. The molecule has 2 aromatic heterocycles. The van der Waals surface area contributed by atoms with Gasteiger partial charge in [-0.05, 0) is 30.9 Å². The summed E-state index contributed by atoms with van der Waals surface area (Å²) in [4.78, 5) is 18.6. The van der Waals surface area contributed by atoms with E-state index in [1.807, 2.05) is 29.9 Å². The third-order valence-electron chi connectivity index (χ3n) is 3.69. The zero-order valence-electron chi connectivity index (χ0n) is 12.2. The van der Waals surface area contributed by atoms with E-state index in [4.69, 9.17) is 4.74 Å². The molecule has 5 nitrogen and oxygen atoms in total. The highest BCUT2D eigenvalue weighted by Crippen LogP contribution is 2.40. The molecule has 21 heavy (non-hydrogen) atoms.